The van der Waals surface area contributed by atoms with Gasteiger partial charge in [-0.3, -0.25) is 0 Å². The van der Waals surface area contributed by atoms with Gasteiger partial charge in [-0.15, -0.1) is 0 Å². The lowest BCUT2D eigenvalue weighted by Crippen LogP contribution is -2.13. The Bertz CT molecular complexity index is 678. The van der Waals surface area contributed by atoms with E-state index in [0.29, 0.717) is 27.1 Å². The number of aryl methyl sites for hydroxylation is 1. The van der Waals surface area contributed by atoms with Crippen molar-refractivity contribution in [2.45, 2.75) is 13.0 Å². The van der Waals surface area contributed by atoms with Crippen LogP contribution in [0.5, 0.6) is 0 Å². The number of anilines is 1. The Balaban J connectivity index is 2.07. The monoisotopic (exact) mass is 321 g/mol. The zero-order valence-corrected chi connectivity index (χ0v) is 12.8. The fraction of sp³-hybridized carbons (Fsp3) is 0.200. The molecule has 0 spiro atoms. The molecule has 108 valence electrons. The normalized spacial score (nSPS) is 11.8. The number of rotatable bonds is 4. The van der Waals surface area contributed by atoms with E-state index >= 15 is 0 Å². The van der Waals surface area contributed by atoms with E-state index in [1.807, 2.05) is 13.0 Å². The first-order valence-electron chi connectivity index (χ1n) is 6.25. The van der Waals surface area contributed by atoms with Crippen LogP contribution in [-0.4, -0.2) is 16.6 Å². The van der Waals surface area contributed by atoms with Gasteiger partial charge in [-0.05, 0) is 42.3 Å². The summed E-state index contributed by atoms with van der Waals surface area (Å²) in [5.41, 5.74) is 1.79. The first-order chi connectivity index (χ1) is 9.99. The van der Waals surface area contributed by atoms with Crippen molar-refractivity contribution in [3.63, 3.8) is 0 Å². The van der Waals surface area contributed by atoms with Gasteiger partial charge >= 0.3 is 0 Å². The first kappa shape index (κ1) is 15.6. The van der Waals surface area contributed by atoms with Crippen molar-refractivity contribution in [2.24, 2.45) is 0 Å². The Kier molecular flexibility index (Phi) is 5.03. The minimum Gasteiger partial charge on any atom is -0.387 e. The van der Waals surface area contributed by atoms with Crippen molar-refractivity contribution in [3.05, 3.63) is 57.2 Å². The summed E-state index contributed by atoms with van der Waals surface area (Å²) in [5.74, 6) is 0.532. The third-order valence-corrected chi connectivity index (χ3v) is 3.39. The molecule has 1 atom stereocenters. The van der Waals surface area contributed by atoms with Crippen LogP contribution in [0.3, 0.4) is 0 Å². The molecule has 6 heteroatoms. The zero-order valence-electron chi connectivity index (χ0n) is 11.3. The third-order valence-electron chi connectivity index (χ3n) is 2.95. The molecule has 0 amide bonds. The van der Waals surface area contributed by atoms with Crippen molar-refractivity contribution in [3.8, 4) is 6.07 Å². The topological polar surface area (TPSA) is 68.9 Å². The van der Waals surface area contributed by atoms with Crippen molar-refractivity contribution in [2.75, 3.05) is 11.9 Å². The van der Waals surface area contributed by atoms with Crippen molar-refractivity contribution in [1.29, 1.82) is 5.26 Å². The number of nitrogens with zero attached hydrogens (tertiary/aromatic N) is 2. The van der Waals surface area contributed by atoms with Crippen molar-refractivity contribution < 1.29 is 5.11 Å². The number of aromatic nitrogens is 1. The summed E-state index contributed by atoms with van der Waals surface area (Å²) in [6, 6.07) is 10.5. The molecule has 1 aromatic carbocycles. The molecule has 4 nitrogen and oxygen atoms in total. The summed E-state index contributed by atoms with van der Waals surface area (Å²) >= 11 is 11.8. The summed E-state index contributed by atoms with van der Waals surface area (Å²) in [5, 5.41) is 23.0. The Morgan fingerprint density at radius 3 is 2.57 bits per heavy atom. The highest BCUT2D eigenvalue weighted by molar-refractivity contribution is 6.34. The number of pyridine rings is 1. The lowest BCUT2D eigenvalue weighted by Gasteiger charge is -2.14. The molecule has 1 heterocycles. The molecule has 0 fully saturated rings. The average molecular weight is 322 g/mol. The van der Waals surface area contributed by atoms with E-state index < -0.39 is 6.10 Å². The van der Waals surface area contributed by atoms with Crippen LogP contribution in [-0.2, 0) is 0 Å². The maximum Gasteiger partial charge on any atom is 0.145 e. The van der Waals surface area contributed by atoms with Crippen LogP contribution in [0.2, 0.25) is 10.0 Å². The second kappa shape index (κ2) is 6.77. The zero-order chi connectivity index (χ0) is 15.4. The van der Waals surface area contributed by atoms with Gasteiger partial charge in [-0.2, -0.15) is 5.26 Å². The summed E-state index contributed by atoms with van der Waals surface area (Å²) in [6.07, 6.45) is -0.783. The van der Waals surface area contributed by atoms with Gasteiger partial charge in [0.05, 0.1) is 6.10 Å². The van der Waals surface area contributed by atoms with Crippen molar-refractivity contribution >= 4 is 29.0 Å². The number of hydrogen-bond donors (Lipinski definition) is 2. The SMILES string of the molecule is Cc1ccc(NCC(O)c2cc(Cl)cc(Cl)c2)nc1C#N. The van der Waals surface area contributed by atoms with Crippen LogP contribution in [0.25, 0.3) is 0 Å². The number of benzene rings is 1. The van der Waals surface area contributed by atoms with Crippen LogP contribution >= 0.6 is 23.2 Å². The van der Waals surface area contributed by atoms with Crippen LogP contribution in [0.15, 0.2) is 30.3 Å². The van der Waals surface area contributed by atoms with Gasteiger partial charge in [0.25, 0.3) is 0 Å². The number of hydrogen-bond acceptors (Lipinski definition) is 4. The fourth-order valence-corrected chi connectivity index (χ4v) is 2.37. The highest BCUT2D eigenvalue weighted by atomic mass is 35.5. The van der Waals surface area contributed by atoms with Gasteiger partial charge in [0.15, 0.2) is 0 Å². The van der Waals surface area contributed by atoms with E-state index in [1.54, 1.807) is 30.3 Å². The molecule has 1 unspecified atom stereocenters. The number of aliphatic hydroxyl groups is 1. The van der Waals surface area contributed by atoms with E-state index in [4.69, 9.17) is 28.5 Å². The van der Waals surface area contributed by atoms with Gasteiger partial charge in [0.2, 0.25) is 0 Å². The second-order valence-corrected chi connectivity index (χ2v) is 5.45. The predicted molar refractivity (Wildman–Crippen MR) is 83.6 cm³/mol. The number of nitrogens with one attached hydrogen (secondary N) is 1. The Morgan fingerprint density at radius 2 is 1.95 bits per heavy atom. The third kappa shape index (κ3) is 4.08. The van der Waals surface area contributed by atoms with Crippen LogP contribution in [0.1, 0.15) is 22.9 Å². The lowest BCUT2D eigenvalue weighted by atomic mass is 10.1. The van der Waals surface area contributed by atoms with Gasteiger partial charge in [-0.1, -0.05) is 29.3 Å². The molecule has 0 aliphatic rings. The largest absolute Gasteiger partial charge is 0.387 e. The van der Waals surface area contributed by atoms with E-state index in [2.05, 4.69) is 10.3 Å². The minimum absolute atomic E-state index is 0.234. The predicted octanol–water partition coefficient (Wildman–Crippen LogP) is 3.71. The Labute approximate surface area is 133 Å². The first-order valence-corrected chi connectivity index (χ1v) is 7.01. The summed E-state index contributed by atoms with van der Waals surface area (Å²) in [7, 11) is 0. The molecule has 0 saturated heterocycles. The standard InChI is InChI=1S/C15H13Cl2N3O/c1-9-2-3-15(20-13(9)7-18)19-8-14(21)10-4-11(16)6-12(17)5-10/h2-6,14,21H,8H2,1H3,(H,19,20). The smallest absolute Gasteiger partial charge is 0.145 e. The molecule has 2 aromatic rings. The molecule has 2 rings (SSSR count). The molecule has 2 N–H and O–H groups in total. The molecule has 1 aromatic heterocycles. The van der Waals surface area contributed by atoms with E-state index in [-0.39, 0.29) is 6.54 Å². The maximum atomic E-state index is 10.1. The number of nitriles is 1. The highest BCUT2D eigenvalue weighted by Gasteiger charge is 2.10. The molecule has 21 heavy (non-hydrogen) atoms. The highest BCUT2D eigenvalue weighted by Crippen LogP contribution is 2.23. The van der Waals surface area contributed by atoms with Crippen LogP contribution < -0.4 is 5.32 Å². The van der Waals surface area contributed by atoms with Gasteiger partial charge in [0, 0.05) is 16.6 Å². The molecular weight excluding hydrogens is 309 g/mol. The summed E-state index contributed by atoms with van der Waals surface area (Å²) < 4.78 is 0. The fourth-order valence-electron chi connectivity index (χ4n) is 1.83. The Hall–Kier alpha value is -1.80. The van der Waals surface area contributed by atoms with Crippen LogP contribution in [0.4, 0.5) is 5.82 Å². The Morgan fingerprint density at radius 1 is 1.29 bits per heavy atom. The number of halogens is 2. The summed E-state index contributed by atoms with van der Waals surface area (Å²) in [4.78, 5) is 4.16. The van der Waals surface area contributed by atoms with E-state index in [0.717, 1.165) is 5.56 Å². The average Bonchev–Trinajstić information content (AvgIpc) is 2.45. The van der Waals surface area contributed by atoms with Crippen LogP contribution in [0, 0.1) is 18.3 Å². The molecule has 0 bridgehead atoms. The van der Waals surface area contributed by atoms with E-state index in [1.165, 1.54) is 0 Å². The van der Waals surface area contributed by atoms with Gasteiger partial charge in [-0.25, -0.2) is 4.98 Å². The quantitative estimate of drug-likeness (QED) is 0.900. The van der Waals surface area contributed by atoms with E-state index in [9.17, 15) is 5.11 Å². The number of aliphatic hydroxyl groups excluding tert-OH is 1. The molecule has 0 saturated carbocycles. The van der Waals surface area contributed by atoms with Gasteiger partial charge < -0.3 is 10.4 Å². The molecular formula is C15H13Cl2N3O. The van der Waals surface area contributed by atoms with Gasteiger partial charge in [0.1, 0.15) is 17.6 Å². The van der Waals surface area contributed by atoms with Crippen molar-refractivity contribution in [1.82, 2.24) is 4.98 Å². The second-order valence-electron chi connectivity index (χ2n) is 4.57. The molecule has 0 aliphatic heterocycles. The molecule has 0 radical (unpaired) electrons. The minimum atomic E-state index is -0.783. The maximum absolute atomic E-state index is 10.1. The summed E-state index contributed by atoms with van der Waals surface area (Å²) in [6.45, 7) is 2.05. The lowest BCUT2D eigenvalue weighted by molar-refractivity contribution is 0.191. The molecule has 0 aliphatic carbocycles.